The molecule has 0 bridgehead atoms. The lowest BCUT2D eigenvalue weighted by molar-refractivity contribution is 1.49. The zero-order chi connectivity index (χ0) is 22.0. The first kappa shape index (κ1) is 19.0. The summed E-state index contributed by atoms with van der Waals surface area (Å²) >= 11 is 1.92. The first-order chi connectivity index (χ1) is 16.3. The molecule has 0 aliphatic carbocycles. The third-order valence-corrected chi connectivity index (χ3v) is 13.3. The molecule has 5 aromatic carbocycles. The molecule has 33 heavy (non-hydrogen) atoms. The summed E-state index contributed by atoms with van der Waals surface area (Å²) in [6.07, 6.45) is 0. The van der Waals surface area contributed by atoms with Crippen molar-refractivity contribution in [2.24, 2.45) is 0 Å². The average molecular weight is 455 g/mol. The zero-order valence-corrected chi connectivity index (χ0v) is 20.2. The molecule has 1 aliphatic rings. The Kier molecular flexibility index (Phi) is 4.05. The quantitative estimate of drug-likeness (QED) is 0.293. The van der Waals surface area contributed by atoms with Crippen molar-refractivity contribution in [1.82, 2.24) is 0 Å². The van der Waals surface area contributed by atoms with Crippen LogP contribution < -0.4 is 20.7 Å². The van der Waals surface area contributed by atoms with E-state index in [1.165, 1.54) is 52.4 Å². The summed E-state index contributed by atoms with van der Waals surface area (Å²) in [6, 6.07) is 43.5. The van der Waals surface area contributed by atoms with Crippen molar-refractivity contribution in [2.45, 2.75) is 6.92 Å². The van der Waals surface area contributed by atoms with Crippen LogP contribution in [0.2, 0.25) is 0 Å². The standard InChI is InChI=1S/C31H22SSi/c1-21-15-17-23(18-16-21)33(22-9-3-2-4-10-22)29-14-8-6-11-24(29)25-19-20-28-30(31(25)33)26-12-5-7-13-27(26)32-28/h2-20H,1H3. The molecular formula is C31H22SSi. The van der Waals surface area contributed by atoms with E-state index in [9.17, 15) is 0 Å². The van der Waals surface area contributed by atoms with E-state index in [0.717, 1.165) is 0 Å². The molecule has 156 valence electrons. The van der Waals surface area contributed by atoms with Gasteiger partial charge >= 0.3 is 0 Å². The second-order valence-corrected chi connectivity index (χ2v) is 13.8. The summed E-state index contributed by atoms with van der Waals surface area (Å²) < 4.78 is 2.76. The van der Waals surface area contributed by atoms with Crippen LogP contribution in [0.15, 0.2) is 115 Å². The molecule has 1 atom stereocenters. The highest BCUT2D eigenvalue weighted by Crippen LogP contribution is 2.39. The molecule has 0 N–H and O–H groups in total. The van der Waals surface area contributed by atoms with Gasteiger partial charge in [0.1, 0.15) is 0 Å². The van der Waals surface area contributed by atoms with Gasteiger partial charge < -0.3 is 0 Å². The van der Waals surface area contributed by atoms with E-state index >= 15 is 0 Å². The van der Waals surface area contributed by atoms with Crippen molar-refractivity contribution >= 4 is 60.3 Å². The first-order valence-electron chi connectivity index (χ1n) is 11.5. The number of benzene rings is 5. The van der Waals surface area contributed by atoms with Gasteiger partial charge in [-0.1, -0.05) is 109 Å². The van der Waals surface area contributed by atoms with Crippen LogP contribution in [-0.2, 0) is 0 Å². The average Bonchev–Trinajstić information content (AvgIpc) is 3.39. The lowest BCUT2D eigenvalue weighted by Crippen LogP contribution is -2.73. The minimum absolute atomic E-state index is 1.31. The van der Waals surface area contributed by atoms with Crippen molar-refractivity contribution in [3.05, 3.63) is 121 Å². The molecule has 7 rings (SSSR count). The van der Waals surface area contributed by atoms with Gasteiger partial charge in [0.15, 0.2) is 8.07 Å². The Morgan fingerprint density at radius 2 is 1.24 bits per heavy atom. The fourth-order valence-electron chi connectivity index (χ4n) is 5.87. The second kappa shape index (κ2) is 7.02. The maximum atomic E-state index is 2.40. The van der Waals surface area contributed by atoms with Gasteiger partial charge in [0.2, 0.25) is 0 Å². The molecule has 0 radical (unpaired) electrons. The Hall–Kier alpha value is -3.46. The van der Waals surface area contributed by atoms with Crippen LogP contribution in [0.1, 0.15) is 5.56 Å². The van der Waals surface area contributed by atoms with Gasteiger partial charge in [0, 0.05) is 20.2 Å². The van der Waals surface area contributed by atoms with Gasteiger partial charge in [-0.05, 0) is 50.9 Å². The smallest absolute Gasteiger partial charge is 0.135 e. The van der Waals surface area contributed by atoms with Crippen LogP contribution >= 0.6 is 11.3 Å². The summed E-state index contributed by atoms with van der Waals surface area (Å²) in [6.45, 7) is 2.18. The van der Waals surface area contributed by atoms with Crippen LogP contribution in [0, 0.1) is 6.92 Å². The zero-order valence-electron chi connectivity index (χ0n) is 18.4. The molecule has 1 aliphatic heterocycles. The molecule has 2 heteroatoms. The Bertz CT molecular complexity index is 1660. The monoisotopic (exact) mass is 454 g/mol. The Balaban J connectivity index is 1.76. The molecule has 0 saturated heterocycles. The van der Waals surface area contributed by atoms with Crippen molar-refractivity contribution in [2.75, 3.05) is 0 Å². The third-order valence-electron chi connectivity index (χ3n) is 7.23. The second-order valence-electron chi connectivity index (χ2n) is 8.99. The summed E-state index contributed by atoms with van der Waals surface area (Å²) in [5.41, 5.74) is 4.13. The summed E-state index contributed by atoms with van der Waals surface area (Å²) in [7, 11) is -2.49. The van der Waals surface area contributed by atoms with E-state index in [-0.39, 0.29) is 0 Å². The van der Waals surface area contributed by atoms with Crippen molar-refractivity contribution in [1.29, 1.82) is 0 Å². The number of rotatable bonds is 2. The fourth-order valence-corrected chi connectivity index (χ4v) is 12.5. The lowest BCUT2D eigenvalue weighted by Gasteiger charge is -2.32. The van der Waals surface area contributed by atoms with Gasteiger partial charge in [-0.25, -0.2) is 0 Å². The lowest BCUT2D eigenvalue weighted by atomic mass is 10.0. The molecule has 1 unspecified atom stereocenters. The molecule has 0 fully saturated rings. The van der Waals surface area contributed by atoms with Gasteiger partial charge in [0.25, 0.3) is 0 Å². The molecule has 0 spiro atoms. The predicted molar refractivity (Wildman–Crippen MR) is 147 cm³/mol. The minimum Gasteiger partial charge on any atom is -0.135 e. The van der Waals surface area contributed by atoms with E-state index in [2.05, 4.69) is 122 Å². The van der Waals surface area contributed by atoms with E-state index < -0.39 is 8.07 Å². The first-order valence-corrected chi connectivity index (χ1v) is 14.3. The Morgan fingerprint density at radius 1 is 0.545 bits per heavy atom. The number of fused-ring (bicyclic) bond motifs is 7. The maximum Gasteiger partial charge on any atom is 0.181 e. The molecule has 1 aromatic heterocycles. The molecule has 0 saturated carbocycles. The topological polar surface area (TPSA) is 0 Å². The Morgan fingerprint density at radius 3 is 2.09 bits per heavy atom. The number of thiophene rings is 1. The minimum atomic E-state index is -2.49. The molecule has 0 nitrogen and oxygen atoms in total. The third kappa shape index (κ3) is 2.51. The summed E-state index contributed by atoms with van der Waals surface area (Å²) in [5, 5.41) is 8.85. The highest BCUT2D eigenvalue weighted by atomic mass is 32.1. The summed E-state index contributed by atoms with van der Waals surface area (Å²) in [5.74, 6) is 0. The highest BCUT2D eigenvalue weighted by molar-refractivity contribution is 7.28. The van der Waals surface area contributed by atoms with Crippen LogP contribution in [0.25, 0.3) is 31.3 Å². The van der Waals surface area contributed by atoms with E-state index in [4.69, 9.17) is 0 Å². The molecule has 6 aromatic rings. The number of hydrogen-bond acceptors (Lipinski definition) is 1. The van der Waals surface area contributed by atoms with Crippen LogP contribution in [0.4, 0.5) is 0 Å². The molecule has 0 amide bonds. The fraction of sp³-hybridized carbons (Fsp3) is 0.0323. The predicted octanol–water partition coefficient (Wildman–Crippen LogP) is 5.72. The SMILES string of the molecule is Cc1ccc([Si]2(c3ccccc3)c3ccccc3-c3ccc4sc5ccccc5c4c32)cc1. The normalized spacial score (nSPS) is 16.8. The number of aryl methyl sites for hydroxylation is 1. The molecule has 2 heterocycles. The maximum absolute atomic E-state index is 2.49. The van der Waals surface area contributed by atoms with E-state index in [1.807, 2.05) is 11.3 Å². The van der Waals surface area contributed by atoms with Gasteiger partial charge in [-0.15, -0.1) is 11.3 Å². The van der Waals surface area contributed by atoms with Crippen molar-refractivity contribution in [3.63, 3.8) is 0 Å². The molecular weight excluding hydrogens is 432 g/mol. The summed E-state index contributed by atoms with van der Waals surface area (Å²) in [4.78, 5) is 0. The van der Waals surface area contributed by atoms with Crippen LogP contribution in [-0.4, -0.2) is 8.07 Å². The van der Waals surface area contributed by atoms with Gasteiger partial charge in [0.05, 0.1) is 0 Å². The van der Waals surface area contributed by atoms with Crippen molar-refractivity contribution < 1.29 is 0 Å². The largest absolute Gasteiger partial charge is 0.181 e. The number of hydrogen-bond donors (Lipinski definition) is 0. The van der Waals surface area contributed by atoms with Gasteiger partial charge in [-0.2, -0.15) is 0 Å². The van der Waals surface area contributed by atoms with E-state index in [1.54, 1.807) is 5.19 Å². The van der Waals surface area contributed by atoms with Gasteiger partial charge in [-0.3, -0.25) is 0 Å². The Labute approximate surface area is 198 Å². The van der Waals surface area contributed by atoms with E-state index in [0.29, 0.717) is 0 Å². The van der Waals surface area contributed by atoms with Crippen LogP contribution in [0.5, 0.6) is 0 Å². The van der Waals surface area contributed by atoms with Crippen LogP contribution in [0.3, 0.4) is 0 Å². The van der Waals surface area contributed by atoms with Crippen molar-refractivity contribution in [3.8, 4) is 11.1 Å². The highest BCUT2D eigenvalue weighted by Gasteiger charge is 2.49.